The van der Waals surface area contributed by atoms with Gasteiger partial charge in [-0.1, -0.05) is 13.0 Å². The predicted molar refractivity (Wildman–Crippen MR) is 85.3 cm³/mol. The van der Waals surface area contributed by atoms with Crippen molar-refractivity contribution >= 4 is 11.9 Å². The molecule has 0 aromatic rings. The summed E-state index contributed by atoms with van der Waals surface area (Å²) in [7, 11) is 4.47. The molecule has 1 rings (SSSR count). The molecule has 1 aliphatic heterocycles. The van der Waals surface area contributed by atoms with Gasteiger partial charge in [-0.3, -0.25) is 4.79 Å². The van der Waals surface area contributed by atoms with Gasteiger partial charge in [0.2, 0.25) is 5.91 Å². The van der Waals surface area contributed by atoms with E-state index in [-0.39, 0.29) is 12.5 Å². The van der Waals surface area contributed by atoms with Crippen LogP contribution < -0.4 is 5.32 Å². The Kier molecular flexibility index (Phi) is 8.91. The zero-order valence-electron chi connectivity index (χ0n) is 14.8. The van der Waals surface area contributed by atoms with Crippen molar-refractivity contribution in [1.29, 1.82) is 0 Å². The summed E-state index contributed by atoms with van der Waals surface area (Å²) in [6.45, 7) is 3.62. The lowest BCUT2D eigenvalue weighted by atomic mass is 9.97. The van der Waals surface area contributed by atoms with Crippen LogP contribution in [0.25, 0.3) is 0 Å². The number of methoxy groups -OCH3 is 3. The molecule has 0 aliphatic carbocycles. The lowest BCUT2D eigenvalue weighted by Crippen LogP contribution is -2.62. The third-order valence-electron chi connectivity index (χ3n) is 3.74. The van der Waals surface area contributed by atoms with E-state index in [9.17, 15) is 9.59 Å². The van der Waals surface area contributed by atoms with E-state index in [1.807, 2.05) is 0 Å². The zero-order chi connectivity index (χ0) is 18.1. The van der Waals surface area contributed by atoms with Crippen LogP contribution in [0.5, 0.6) is 0 Å². The van der Waals surface area contributed by atoms with E-state index < -0.39 is 36.7 Å². The van der Waals surface area contributed by atoms with Crippen LogP contribution in [0.3, 0.4) is 0 Å². The Hall–Kier alpha value is -1.48. The highest BCUT2D eigenvalue weighted by Gasteiger charge is 2.48. The number of carbonyl (C=O) groups is 2. The van der Waals surface area contributed by atoms with Crippen LogP contribution in [0, 0.1) is 0 Å². The lowest BCUT2D eigenvalue weighted by molar-refractivity contribution is -0.299. The highest BCUT2D eigenvalue weighted by molar-refractivity contribution is 5.82. The fraction of sp³-hybridized carbons (Fsp3) is 0.750. The average molecular weight is 345 g/mol. The van der Waals surface area contributed by atoms with Crippen LogP contribution in [-0.2, 0) is 33.3 Å². The van der Waals surface area contributed by atoms with Crippen molar-refractivity contribution in [2.45, 2.75) is 51.0 Å². The average Bonchev–Trinajstić information content (AvgIpc) is 2.59. The number of nitrogens with one attached hydrogen (secondary N) is 1. The Labute approximate surface area is 142 Å². The summed E-state index contributed by atoms with van der Waals surface area (Å²) in [4.78, 5) is 23.4. The van der Waals surface area contributed by atoms with Gasteiger partial charge in [0.15, 0.2) is 12.4 Å². The summed E-state index contributed by atoms with van der Waals surface area (Å²) in [6, 6.07) is 0. The minimum absolute atomic E-state index is 0.131. The van der Waals surface area contributed by atoms with Gasteiger partial charge in [-0.05, 0) is 6.92 Å². The quantitative estimate of drug-likeness (QED) is 0.503. The number of amides is 1. The summed E-state index contributed by atoms with van der Waals surface area (Å²) >= 11 is 0. The molecule has 8 nitrogen and oxygen atoms in total. The van der Waals surface area contributed by atoms with E-state index >= 15 is 0 Å². The first-order valence-electron chi connectivity index (χ1n) is 7.86. The molecule has 138 valence electrons. The van der Waals surface area contributed by atoms with Crippen molar-refractivity contribution in [3.05, 3.63) is 12.2 Å². The molecule has 1 N–H and O–H groups in total. The molecule has 0 saturated carbocycles. The SMILES string of the molecule is C/C=C/C(=O)O[C@H]1[C@H](OC)[C@@H](OC)[C@@H](OC)O[C@@H]1CNC(=O)CC. The van der Waals surface area contributed by atoms with Crippen molar-refractivity contribution in [3.8, 4) is 0 Å². The summed E-state index contributed by atoms with van der Waals surface area (Å²) < 4.78 is 27.5. The number of allylic oxidation sites excluding steroid dienone is 1. The van der Waals surface area contributed by atoms with Gasteiger partial charge in [0, 0.05) is 40.4 Å². The number of esters is 1. The minimum Gasteiger partial charge on any atom is -0.453 e. The molecule has 0 aromatic heterocycles. The van der Waals surface area contributed by atoms with Crippen LogP contribution in [-0.4, -0.2) is 70.5 Å². The van der Waals surface area contributed by atoms with Gasteiger partial charge in [-0.25, -0.2) is 4.79 Å². The fourth-order valence-electron chi connectivity index (χ4n) is 2.54. The maximum Gasteiger partial charge on any atom is 0.330 e. The number of hydrogen-bond donors (Lipinski definition) is 1. The Morgan fingerprint density at radius 1 is 1.08 bits per heavy atom. The first-order valence-corrected chi connectivity index (χ1v) is 7.86. The van der Waals surface area contributed by atoms with Gasteiger partial charge in [0.05, 0.1) is 0 Å². The van der Waals surface area contributed by atoms with Crippen LogP contribution in [0.1, 0.15) is 20.3 Å². The molecule has 5 atom stereocenters. The van der Waals surface area contributed by atoms with Crippen molar-refractivity contribution in [2.75, 3.05) is 27.9 Å². The van der Waals surface area contributed by atoms with Gasteiger partial charge in [-0.2, -0.15) is 0 Å². The monoisotopic (exact) mass is 345 g/mol. The second-order valence-corrected chi connectivity index (χ2v) is 5.24. The van der Waals surface area contributed by atoms with E-state index in [0.29, 0.717) is 6.42 Å². The molecule has 1 amide bonds. The van der Waals surface area contributed by atoms with E-state index in [1.165, 1.54) is 27.4 Å². The number of hydrogen-bond acceptors (Lipinski definition) is 7. The highest BCUT2D eigenvalue weighted by Crippen LogP contribution is 2.28. The van der Waals surface area contributed by atoms with Gasteiger partial charge in [0.25, 0.3) is 0 Å². The van der Waals surface area contributed by atoms with Gasteiger partial charge in [-0.15, -0.1) is 0 Å². The normalized spacial score (nSPS) is 30.3. The van der Waals surface area contributed by atoms with Crippen LogP contribution in [0.2, 0.25) is 0 Å². The maximum atomic E-state index is 11.9. The highest BCUT2D eigenvalue weighted by atomic mass is 16.7. The fourth-order valence-corrected chi connectivity index (χ4v) is 2.54. The summed E-state index contributed by atoms with van der Waals surface area (Å²) in [5.41, 5.74) is 0. The number of rotatable bonds is 8. The van der Waals surface area contributed by atoms with Crippen LogP contribution >= 0.6 is 0 Å². The molecule has 24 heavy (non-hydrogen) atoms. The summed E-state index contributed by atoms with van der Waals surface area (Å²) in [5, 5.41) is 2.73. The second kappa shape index (κ2) is 10.4. The first kappa shape index (κ1) is 20.6. The molecule has 1 fully saturated rings. The van der Waals surface area contributed by atoms with Gasteiger partial charge < -0.3 is 29.0 Å². The van der Waals surface area contributed by atoms with Gasteiger partial charge in [0.1, 0.15) is 18.3 Å². The Morgan fingerprint density at radius 2 is 1.75 bits per heavy atom. The number of carbonyl (C=O) groups excluding carboxylic acids is 2. The molecule has 0 radical (unpaired) electrons. The van der Waals surface area contributed by atoms with Crippen LogP contribution in [0.15, 0.2) is 12.2 Å². The molecular formula is C16H27NO7. The largest absolute Gasteiger partial charge is 0.453 e. The molecule has 8 heteroatoms. The molecule has 0 bridgehead atoms. The predicted octanol–water partition coefficient (Wildman–Crippen LogP) is 0.402. The van der Waals surface area contributed by atoms with Gasteiger partial charge >= 0.3 is 5.97 Å². The van der Waals surface area contributed by atoms with E-state index in [2.05, 4.69) is 5.32 Å². The summed E-state index contributed by atoms with van der Waals surface area (Å²) in [6.07, 6.45) is -0.0551. The van der Waals surface area contributed by atoms with Crippen molar-refractivity contribution in [3.63, 3.8) is 0 Å². The maximum absolute atomic E-state index is 11.9. The van der Waals surface area contributed by atoms with E-state index in [4.69, 9.17) is 23.7 Å². The summed E-state index contributed by atoms with van der Waals surface area (Å²) in [5.74, 6) is -0.653. The van der Waals surface area contributed by atoms with Crippen LogP contribution in [0.4, 0.5) is 0 Å². The Bertz CT molecular complexity index is 440. The van der Waals surface area contributed by atoms with Crippen molar-refractivity contribution in [2.24, 2.45) is 0 Å². The Balaban J connectivity index is 2.99. The molecule has 1 heterocycles. The number of ether oxygens (including phenoxy) is 5. The second-order valence-electron chi connectivity index (χ2n) is 5.24. The topological polar surface area (TPSA) is 92.3 Å². The van der Waals surface area contributed by atoms with E-state index in [1.54, 1.807) is 19.9 Å². The molecule has 0 aromatic carbocycles. The third kappa shape index (κ3) is 5.27. The molecule has 1 saturated heterocycles. The molecule has 0 spiro atoms. The molecule has 0 unspecified atom stereocenters. The Morgan fingerprint density at radius 3 is 2.25 bits per heavy atom. The smallest absolute Gasteiger partial charge is 0.330 e. The van der Waals surface area contributed by atoms with Crippen molar-refractivity contribution in [1.82, 2.24) is 5.32 Å². The molecule has 1 aliphatic rings. The van der Waals surface area contributed by atoms with E-state index in [0.717, 1.165) is 0 Å². The van der Waals surface area contributed by atoms with Crippen molar-refractivity contribution < 1.29 is 33.3 Å². The standard InChI is InChI=1S/C16H27NO7/c1-6-8-12(19)24-13-10(9-17-11(18)7-2)23-16(22-5)15(21-4)14(13)20-3/h6,8,10,13-16H,7,9H2,1-5H3,(H,17,18)/b8-6+/t10-,13-,14+,15-,16+/m1/s1. The molecular weight excluding hydrogens is 318 g/mol. The third-order valence-corrected chi connectivity index (χ3v) is 3.74. The minimum atomic E-state index is -0.757. The first-order chi connectivity index (χ1) is 11.5. The zero-order valence-corrected chi connectivity index (χ0v) is 14.8. The lowest BCUT2D eigenvalue weighted by Gasteiger charge is -2.44.